The molecular weight excluding hydrogens is 222 g/mol. The lowest BCUT2D eigenvalue weighted by molar-refractivity contribution is 0.0684. The van der Waals surface area contributed by atoms with Crippen molar-refractivity contribution in [3.63, 3.8) is 0 Å². The fraction of sp³-hybridized carbons (Fsp3) is 0.545. The number of nitrogens with one attached hydrogen (secondary N) is 2. The number of carboxylic acid groups (broad SMARTS) is 1. The number of hydrogen-bond acceptors (Lipinski definition) is 3. The first-order valence-electron chi connectivity index (χ1n) is 5.48. The molecule has 0 aliphatic carbocycles. The van der Waals surface area contributed by atoms with Gasteiger partial charge in [0.2, 0.25) is 0 Å². The normalized spacial score (nSPS) is 12.5. The Morgan fingerprint density at radius 3 is 2.65 bits per heavy atom. The Morgan fingerprint density at radius 1 is 1.47 bits per heavy atom. The second kappa shape index (κ2) is 5.47. The molecule has 0 spiro atoms. The topological polar surface area (TPSA) is 95.1 Å². The van der Waals surface area contributed by atoms with Crippen LogP contribution in [-0.4, -0.2) is 33.5 Å². The summed E-state index contributed by atoms with van der Waals surface area (Å²) in [7, 11) is 0. The summed E-state index contributed by atoms with van der Waals surface area (Å²) >= 11 is 0. The Balaban J connectivity index is 2.64. The van der Waals surface area contributed by atoms with Crippen LogP contribution in [0, 0.1) is 11.8 Å². The van der Waals surface area contributed by atoms with Gasteiger partial charge in [0.1, 0.15) is 0 Å². The SMILES string of the molecule is CC(C)C(C)CNC(=O)c1nc[nH]c1C(=O)O. The van der Waals surface area contributed by atoms with Crippen LogP contribution in [0.25, 0.3) is 0 Å². The van der Waals surface area contributed by atoms with Crippen LogP contribution >= 0.6 is 0 Å². The molecule has 1 amide bonds. The summed E-state index contributed by atoms with van der Waals surface area (Å²) in [4.78, 5) is 28.6. The predicted molar refractivity (Wildman–Crippen MR) is 61.9 cm³/mol. The van der Waals surface area contributed by atoms with Gasteiger partial charge in [0.25, 0.3) is 5.91 Å². The number of aromatic amines is 1. The zero-order chi connectivity index (χ0) is 13.0. The molecule has 6 heteroatoms. The first kappa shape index (κ1) is 13.2. The van der Waals surface area contributed by atoms with Crippen LogP contribution in [0.15, 0.2) is 6.33 Å². The summed E-state index contributed by atoms with van der Waals surface area (Å²) in [6.07, 6.45) is 1.20. The van der Waals surface area contributed by atoms with Crippen LogP contribution in [0.2, 0.25) is 0 Å². The van der Waals surface area contributed by atoms with Crippen molar-refractivity contribution >= 4 is 11.9 Å². The number of aromatic carboxylic acids is 1. The number of imidazole rings is 1. The van der Waals surface area contributed by atoms with Gasteiger partial charge in [0.05, 0.1) is 6.33 Å². The molecule has 1 aromatic rings. The highest BCUT2D eigenvalue weighted by Gasteiger charge is 2.20. The molecule has 1 unspecified atom stereocenters. The highest BCUT2D eigenvalue weighted by molar-refractivity contribution is 6.02. The molecule has 94 valence electrons. The zero-order valence-corrected chi connectivity index (χ0v) is 10.2. The van der Waals surface area contributed by atoms with Crippen LogP contribution in [-0.2, 0) is 0 Å². The van der Waals surface area contributed by atoms with Gasteiger partial charge in [-0.3, -0.25) is 4.79 Å². The maximum absolute atomic E-state index is 11.7. The lowest BCUT2D eigenvalue weighted by Gasteiger charge is -2.15. The van der Waals surface area contributed by atoms with Gasteiger partial charge in [-0.15, -0.1) is 0 Å². The molecule has 1 heterocycles. The molecule has 0 aromatic carbocycles. The predicted octanol–water partition coefficient (Wildman–Crippen LogP) is 1.13. The average Bonchev–Trinajstić information content (AvgIpc) is 2.73. The first-order valence-corrected chi connectivity index (χ1v) is 5.48. The Labute approximate surface area is 99.4 Å². The fourth-order valence-corrected chi connectivity index (χ4v) is 1.20. The summed E-state index contributed by atoms with van der Waals surface area (Å²) in [5.41, 5.74) is -0.256. The molecule has 6 nitrogen and oxygen atoms in total. The second-order valence-electron chi connectivity index (χ2n) is 4.36. The van der Waals surface area contributed by atoms with E-state index >= 15 is 0 Å². The van der Waals surface area contributed by atoms with Gasteiger partial charge in [0, 0.05) is 6.54 Å². The van der Waals surface area contributed by atoms with Gasteiger partial charge < -0.3 is 15.4 Å². The second-order valence-corrected chi connectivity index (χ2v) is 4.36. The Morgan fingerprint density at radius 2 is 2.12 bits per heavy atom. The summed E-state index contributed by atoms with van der Waals surface area (Å²) in [6, 6.07) is 0. The molecule has 17 heavy (non-hydrogen) atoms. The number of carboxylic acids is 1. The third-order valence-electron chi connectivity index (χ3n) is 2.79. The van der Waals surface area contributed by atoms with E-state index in [1.54, 1.807) is 0 Å². The van der Waals surface area contributed by atoms with Crippen molar-refractivity contribution in [2.45, 2.75) is 20.8 Å². The van der Waals surface area contributed by atoms with Crippen LogP contribution in [0.1, 0.15) is 41.7 Å². The summed E-state index contributed by atoms with van der Waals surface area (Å²) in [5, 5.41) is 11.5. The van der Waals surface area contributed by atoms with Gasteiger partial charge in [-0.1, -0.05) is 20.8 Å². The highest BCUT2D eigenvalue weighted by Crippen LogP contribution is 2.08. The van der Waals surface area contributed by atoms with Gasteiger partial charge in [0.15, 0.2) is 11.4 Å². The van der Waals surface area contributed by atoms with Gasteiger partial charge in [-0.25, -0.2) is 9.78 Å². The molecule has 3 N–H and O–H groups in total. The molecule has 0 fully saturated rings. The minimum Gasteiger partial charge on any atom is -0.477 e. The Kier molecular flexibility index (Phi) is 4.25. The summed E-state index contributed by atoms with van der Waals surface area (Å²) in [5.74, 6) is -0.875. The number of aromatic nitrogens is 2. The standard InChI is InChI=1S/C11H17N3O3/c1-6(2)7(3)4-12-10(15)8-9(11(16)17)14-5-13-8/h5-7H,4H2,1-3H3,(H,12,15)(H,13,14)(H,16,17). The lowest BCUT2D eigenvalue weighted by Crippen LogP contribution is -2.31. The number of hydrogen-bond donors (Lipinski definition) is 3. The molecule has 1 aromatic heterocycles. The van der Waals surface area contributed by atoms with E-state index in [1.807, 2.05) is 6.92 Å². The number of carbonyl (C=O) groups is 2. The number of H-pyrrole nitrogens is 1. The van der Waals surface area contributed by atoms with Gasteiger partial charge in [-0.2, -0.15) is 0 Å². The summed E-state index contributed by atoms with van der Waals surface area (Å²) < 4.78 is 0. The number of amides is 1. The molecule has 0 saturated heterocycles. The van der Waals surface area contributed by atoms with Crippen molar-refractivity contribution in [2.75, 3.05) is 6.54 Å². The van der Waals surface area contributed by atoms with Crippen molar-refractivity contribution in [3.05, 3.63) is 17.7 Å². The maximum Gasteiger partial charge on any atom is 0.354 e. The van der Waals surface area contributed by atoms with E-state index in [1.165, 1.54) is 6.33 Å². The number of carbonyl (C=O) groups excluding carboxylic acids is 1. The molecule has 0 aliphatic rings. The molecule has 1 atom stereocenters. The van der Waals surface area contributed by atoms with Crippen molar-refractivity contribution in [2.24, 2.45) is 11.8 Å². The minimum atomic E-state index is -1.19. The van der Waals surface area contributed by atoms with Crippen LogP contribution in [0.5, 0.6) is 0 Å². The van der Waals surface area contributed by atoms with E-state index in [9.17, 15) is 9.59 Å². The highest BCUT2D eigenvalue weighted by atomic mass is 16.4. The van der Waals surface area contributed by atoms with Gasteiger partial charge in [-0.05, 0) is 11.8 Å². The van der Waals surface area contributed by atoms with Crippen LogP contribution in [0.4, 0.5) is 0 Å². The molecule has 0 aliphatic heterocycles. The smallest absolute Gasteiger partial charge is 0.354 e. The quantitative estimate of drug-likeness (QED) is 0.717. The number of rotatable bonds is 5. The molecule has 1 rings (SSSR count). The van der Waals surface area contributed by atoms with Crippen molar-refractivity contribution in [3.8, 4) is 0 Å². The third kappa shape index (κ3) is 3.30. The van der Waals surface area contributed by atoms with Crippen LogP contribution < -0.4 is 5.32 Å². The fourth-order valence-electron chi connectivity index (χ4n) is 1.20. The molecule has 0 saturated carbocycles. The van der Waals surface area contributed by atoms with Crippen molar-refractivity contribution in [1.82, 2.24) is 15.3 Å². The largest absolute Gasteiger partial charge is 0.477 e. The maximum atomic E-state index is 11.7. The van der Waals surface area contributed by atoms with E-state index in [4.69, 9.17) is 5.11 Å². The number of nitrogens with zero attached hydrogens (tertiary/aromatic N) is 1. The lowest BCUT2D eigenvalue weighted by atomic mass is 9.98. The van der Waals surface area contributed by atoms with Crippen molar-refractivity contribution in [1.29, 1.82) is 0 Å². The Bertz CT molecular complexity index is 412. The first-order chi connectivity index (χ1) is 7.93. The molecule has 0 bridgehead atoms. The van der Waals surface area contributed by atoms with Crippen molar-refractivity contribution < 1.29 is 14.7 Å². The third-order valence-corrected chi connectivity index (χ3v) is 2.79. The van der Waals surface area contributed by atoms with E-state index in [0.717, 1.165) is 0 Å². The Hall–Kier alpha value is -1.85. The van der Waals surface area contributed by atoms with E-state index in [-0.39, 0.29) is 11.4 Å². The van der Waals surface area contributed by atoms with E-state index in [2.05, 4.69) is 29.1 Å². The molecule has 0 radical (unpaired) electrons. The minimum absolute atomic E-state index is 0.0755. The van der Waals surface area contributed by atoms with E-state index < -0.39 is 11.9 Å². The monoisotopic (exact) mass is 239 g/mol. The van der Waals surface area contributed by atoms with E-state index in [0.29, 0.717) is 18.4 Å². The molecular formula is C11H17N3O3. The van der Waals surface area contributed by atoms with Gasteiger partial charge >= 0.3 is 5.97 Å². The van der Waals surface area contributed by atoms with Crippen LogP contribution in [0.3, 0.4) is 0 Å². The zero-order valence-electron chi connectivity index (χ0n) is 10.2. The summed E-state index contributed by atoms with van der Waals surface area (Å²) in [6.45, 7) is 6.65. The average molecular weight is 239 g/mol.